The largest absolute Gasteiger partial charge is 0.507 e. The Labute approximate surface area is 240 Å². The second-order valence-electron chi connectivity index (χ2n) is 9.44. The number of likely N-dealkylation sites (tertiary alicyclic amines) is 1. The van der Waals surface area contributed by atoms with E-state index in [9.17, 15) is 14.7 Å². The third-order valence-corrected chi connectivity index (χ3v) is 7.28. The first-order valence-electron chi connectivity index (χ1n) is 13.6. The molecule has 3 aromatic carbocycles. The van der Waals surface area contributed by atoms with Gasteiger partial charge in [0.25, 0.3) is 11.7 Å². The molecule has 3 aromatic rings. The van der Waals surface area contributed by atoms with E-state index < -0.39 is 17.7 Å². The number of hydrogen-bond donors (Lipinski definition) is 1. The normalized spacial score (nSPS) is 16.5. The van der Waals surface area contributed by atoms with Crippen molar-refractivity contribution in [1.82, 2.24) is 9.80 Å². The molecule has 1 atom stereocenters. The van der Waals surface area contributed by atoms with Gasteiger partial charge in [0, 0.05) is 23.7 Å². The number of rotatable bonds is 12. The molecule has 8 heteroatoms. The highest BCUT2D eigenvalue weighted by Gasteiger charge is 2.46. The highest BCUT2D eigenvalue weighted by atomic mass is 35.5. The van der Waals surface area contributed by atoms with Gasteiger partial charge in [-0.15, -0.1) is 0 Å². The first-order chi connectivity index (χ1) is 19.4. The summed E-state index contributed by atoms with van der Waals surface area (Å²) < 4.78 is 12.0. The molecule has 0 aliphatic carbocycles. The number of hydrogen-bond acceptors (Lipinski definition) is 6. The molecule has 0 saturated carbocycles. The molecule has 0 spiro atoms. The van der Waals surface area contributed by atoms with Gasteiger partial charge in [-0.3, -0.25) is 9.59 Å². The van der Waals surface area contributed by atoms with Crippen molar-refractivity contribution in [3.63, 3.8) is 0 Å². The summed E-state index contributed by atoms with van der Waals surface area (Å²) in [6.45, 7) is 9.30. The van der Waals surface area contributed by atoms with Gasteiger partial charge in [0.15, 0.2) is 11.5 Å². The first-order valence-corrected chi connectivity index (χ1v) is 14.0. The SMILES string of the molecule is CCOc1cc(C2C(=C(O)c3ccc(Cl)cc3)C(=O)C(=O)N2CCN(CC)CC)ccc1OCc1ccccc1. The lowest BCUT2D eigenvalue weighted by Crippen LogP contribution is -2.38. The van der Waals surface area contributed by atoms with E-state index in [1.54, 1.807) is 36.4 Å². The van der Waals surface area contributed by atoms with Crippen molar-refractivity contribution in [3.05, 3.63) is 100 Å². The van der Waals surface area contributed by atoms with Crippen molar-refractivity contribution in [2.24, 2.45) is 0 Å². The monoisotopic (exact) mass is 562 g/mol. The molecule has 40 heavy (non-hydrogen) atoms. The molecular formula is C32H35ClN2O5. The minimum atomic E-state index is -0.798. The van der Waals surface area contributed by atoms with Crippen molar-refractivity contribution >= 4 is 29.1 Å². The molecule has 1 aliphatic heterocycles. The Morgan fingerprint density at radius 1 is 0.925 bits per heavy atom. The maximum atomic E-state index is 13.4. The van der Waals surface area contributed by atoms with Crippen LogP contribution in [0.3, 0.4) is 0 Å². The topological polar surface area (TPSA) is 79.3 Å². The van der Waals surface area contributed by atoms with Gasteiger partial charge in [-0.25, -0.2) is 0 Å². The van der Waals surface area contributed by atoms with E-state index in [2.05, 4.69) is 18.7 Å². The Bertz CT molecular complexity index is 1350. The van der Waals surface area contributed by atoms with Gasteiger partial charge in [-0.1, -0.05) is 61.8 Å². The predicted molar refractivity (Wildman–Crippen MR) is 157 cm³/mol. The summed E-state index contributed by atoms with van der Waals surface area (Å²) in [5.41, 5.74) is 2.10. The van der Waals surface area contributed by atoms with E-state index in [4.69, 9.17) is 21.1 Å². The summed E-state index contributed by atoms with van der Waals surface area (Å²) in [5, 5.41) is 11.8. The summed E-state index contributed by atoms with van der Waals surface area (Å²) in [6.07, 6.45) is 0. The van der Waals surface area contributed by atoms with Gasteiger partial charge >= 0.3 is 0 Å². The third kappa shape index (κ3) is 6.49. The summed E-state index contributed by atoms with van der Waals surface area (Å²) in [4.78, 5) is 30.5. The van der Waals surface area contributed by atoms with Crippen molar-refractivity contribution < 1.29 is 24.2 Å². The second kappa shape index (κ2) is 13.5. The molecule has 0 aromatic heterocycles. The van der Waals surface area contributed by atoms with E-state index in [0.29, 0.717) is 54.0 Å². The van der Waals surface area contributed by atoms with E-state index in [-0.39, 0.29) is 11.3 Å². The highest BCUT2D eigenvalue weighted by molar-refractivity contribution is 6.46. The Hall–Kier alpha value is -3.81. The van der Waals surface area contributed by atoms with E-state index in [1.165, 1.54) is 4.90 Å². The number of likely N-dealkylation sites (N-methyl/N-ethyl adjacent to an activating group) is 1. The molecule has 1 aliphatic rings. The number of ketones is 1. The summed E-state index contributed by atoms with van der Waals surface area (Å²) in [6, 6.07) is 20.9. The predicted octanol–water partition coefficient (Wildman–Crippen LogP) is 6.08. The molecule has 1 fully saturated rings. The van der Waals surface area contributed by atoms with Crippen LogP contribution in [-0.4, -0.2) is 59.4 Å². The Morgan fingerprint density at radius 2 is 1.62 bits per heavy atom. The van der Waals surface area contributed by atoms with E-state index >= 15 is 0 Å². The van der Waals surface area contributed by atoms with Crippen LogP contribution in [0.15, 0.2) is 78.4 Å². The van der Waals surface area contributed by atoms with Crippen LogP contribution >= 0.6 is 11.6 Å². The zero-order chi connectivity index (χ0) is 28.6. The zero-order valence-electron chi connectivity index (χ0n) is 23.1. The quantitative estimate of drug-likeness (QED) is 0.164. The number of Topliss-reactive ketones (excluding diaryl/α,β-unsaturated/α-hetero) is 1. The Morgan fingerprint density at radius 3 is 2.27 bits per heavy atom. The lowest BCUT2D eigenvalue weighted by atomic mass is 9.95. The van der Waals surface area contributed by atoms with E-state index in [0.717, 1.165) is 18.7 Å². The number of halogens is 1. The molecule has 210 valence electrons. The molecule has 0 radical (unpaired) electrons. The molecule has 1 N–H and O–H groups in total. The van der Waals surface area contributed by atoms with Crippen LogP contribution in [0.1, 0.15) is 43.5 Å². The van der Waals surface area contributed by atoms with Gasteiger partial charge in [-0.05, 0) is 67.5 Å². The van der Waals surface area contributed by atoms with Crippen LogP contribution in [-0.2, 0) is 16.2 Å². The summed E-state index contributed by atoms with van der Waals surface area (Å²) >= 11 is 6.04. The van der Waals surface area contributed by atoms with Crippen molar-refractivity contribution in [1.29, 1.82) is 0 Å². The van der Waals surface area contributed by atoms with Crippen LogP contribution in [0.4, 0.5) is 0 Å². The number of aliphatic hydroxyl groups is 1. The molecule has 1 unspecified atom stereocenters. The van der Waals surface area contributed by atoms with Gasteiger partial charge in [0.1, 0.15) is 12.4 Å². The molecule has 0 bridgehead atoms. The standard InChI is InChI=1S/C32H35ClN2O5/c1-4-34(5-2)18-19-35-29(28(31(37)32(35)38)30(36)23-12-15-25(33)16-13-23)24-14-17-26(27(20-24)39-6-3)40-21-22-10-8-7-9-11-22/h7-17,20,29,36H,4-6,18-19,21H2,1-3H3. The zero-order valence-corrected chi connectivity index (χ0v) is 23.9. The molecule has 1 amide bonds. The maximum absolute atomic E-state index is 13.4. The number of amides is 1. The van der Waals surface area contributed by atoms with Crippen molar-refractivity contribution in [2.75, 3.05) is 32.8 Å². The molecule has 1 saturated heterocycles. The maximum Gasteiger partial charge on any atom is 0.295 e. The van der Waals surface area contributed by atoms with E-state index in [1.807, 2.05) is 43.3 Å². The minimum Gasteiger partial charge on any atom is -0.507 e. The lowest BCUT2D eigenvalue weighted by Gasteiger charge is -2.28. The Kier molecular flexibility index (Phi) is 9.85. The molecule has 4 rings (SSSR count). The fourth-order valence-electron chi connectivity index (χ4n) is 4.83. The average Bonchev–Trinajstić information content (AvgIpc) is 3.23. The summed E-state index contributed by atoms with van der Waals surface area (Å²) in [5.74, 6) is -0.564. The van der Waals surface area contributed by atoms with Crippen LogP contribution in [0.2, 0.25) is 5.02 Å². The van der Waals surface area contributed by atoms with Gasteiger partial charge in [0.2, 0.25) is 0 Å². The Balaban J connectivity index is 1.76. The van der Waals surface area contributed by atoms with Crippen molar-refractivity contribution in [2.45, 2.75) is 33.4 Å². The minimum absolute atomic E-state index is 0.0345. The molecular weight excluding hydrogens is 528 g/mol. The number of carbonyl (C=O) groups excluding carboxylic acids is 2. The van der Waals surface area contributed by atoms with Crippen LogP contribution in [0.25, 0.3) is 5.76 Å². The second-order valence-corrected chi connectivity index (χ2v) is 9.88. The lowest BCUT2D eigenvalue weighted by molar-refractivity contribution is -0.140. The molecule has 7 nitrogen and oxygen atoms in total. The van der Waals surface area contributed by atoms with Crippen molar-refractivity contribution in [3.8, 4) is 11.5 Å². The first kappa shape index (κ1) is 29.2. The van der Waals surface area contributed by atoms with Crippen LogP contribution < -0.4 is 9.47 Å². The number of ether oxygens (including phenoxy) is 2. The number of nitrogens with zero attached hydrogens (tertiary/aromatic N) is 2. The van der Waals surface area contributed by atoms with Crippen LogP contribution in [0.5, 0.6) is 11.5 Å². The van der Waals surface area contributed by atoms with Gasteiger partial charge in [-0.2, -0.15) is 0 Å². The fraction of sp³-hybridized carbons (Fsp3) is 0.312. The summed E-state index contributed by atoms with van der Waals surface area (Å²) in [7, 11) is 0. The smallest absolute Gasteiger partial charge is 0.295 e. The highest BCUT2D eigenvalue weighted by Crippen LogP contribution is 2.42. The number of aliphatic hydroxyl groups excluding tert-OH is 1. The van der Waals surface area contributed by atoms with Crippen LogP contribution in [0, 0.1) is 0 Å². The fourth-order valence-corrected chi connectivity index (χ4v) is 4.95. The number of carbonyl (C=O) groups is 2. The van der Waals surface area contributed by atoms with Gasteiger partial charge < -0.3 is 24.4 Å². The average molecular weight is 563 g/mol. The molecule has 1 heterocycles. The third-order valence-electron chi connectivity index (χ3n) is 7.03. The van der Waals surface area contributed by atoms with Gasteiger partial charge in [0.05, 0.1) is 18.2 Å². The number of benzene rings is 3.